The molecular weight excluding hydrogens is 275 g/mol. The van der Waals surface area contributed by atoms with Crippen molar-refractivity contribution in [1.82, 2.24) is 0 Å². The third-order valence-corrected chi connectivity index (χ3v) is 3.91. The lowest BCUT2D eigenvalue weighted by molar-refractivity contribution is 0.426. The van der Waals surface area contributed by atoms with Crippen LogP contribution in [0.25, 0.3) is 33.1 Å². The number of benzene rings is 3. The maximum absolute atomic E-state index is 9.82. The zero-order valence-corrected chi connectivity index (χ0v) is 11.7. The molecule has 0 radical (unpaired) electrons. The van der Waals surface area contributed by atoms with Crippen molar-refractivity contribution in [2.75, 3.05) is 0 Å². The van der Waals surface area contributed by atoms with Crippen molar-refractivity contribution in [2.24, 2.45) is 0 Å². The summed E-state index contributed by atoms with van der Waals surface area (Å²) in [6.45, 7) is 0. The van der Waals surface area contributed by atoms with Crippen LogP contribution in [0, 0.1) is 0 Å². The van der Waals surface area contributed by atoms with Gasteiger partial charge >= 0.3 is 7.12 Å². The first kappa shape index (κ1) is 13.1. The molecule has 0 aliphatic heterocycles. The Morgan fingerprint density at radius 3 is 2.23 bits per heavy atom. The van der Waals surface area contributed by atoms with E-state index in [1.807, 2.05) is 66.7 Å². The van der Waals surface area contributed by atoms with E-state index in [-0.39, 0.29) is 0 Å². The third kappa shape index (κ3) is 1.93. The Morgan fingerprint density at radius 2 is 1.45 bits per heavy atom. The molecule has 0 spiro atoms. The molecule has 22 heavy (non-hydrogen) atoms. The summed E-state index contributed by atoms with van der Waals surface area (Å²) in [5.41, 5.74) is 1.91. The van der Waals surface area contributed by atoms with E-state index < -0.39 is 7.12 Å². The van der Waals surface area contributed by atoms with Gasteiger partial charge in [-0.2, -0.15) is 0 Å². The highest BCUT2D eigenvalue weighted by molar-refractivity contribution is 6.64. The lowest BCUT2D eigenvalue weighted by Gasteiger charge is -2.01. The van der Waals surface area contributed by atoms with Gasteiger partial charge in [0.1, 0.15) is 11.3 Å². The van der Waals surface area contributed by atoms with E-state index >= 15 is 0 Å². The zero-order valence-electron chi connectivity index (χ0n) is 11.7. The van der Waals surface area contributed by atoms with Gasteiger partial charge in [-0.3, -0.25) is 0 Å². The van der Waals surface area contributed by atoms with Gasteiger partial charge in [-0.25, -0.2) is 0 Å². The fourth-order valence-corrected chi connectivity index (χ4v) is 2.90. The second-order valence-electron chi connectivity index (χ2n) is 5.25. The van der Waals surface area contributed by atoms with Crippen LogP contribution in [0.15, 0.2) is 71.1 Å². The van der Waals surface area contributed by atoms with Gasteiger partial charge in [-0.1, -0.05) is 66.7 Å². The number of fused-ring (bicyclic) bond motifs is 3. The summed E-state index contributed by atoms with van der Waals surface area (Å²) < 4.78 is 6.04. The van der Waals surface area contributed by atoms with Crippen LogP contribution in [0.5, 0.6) is 0 Å². The van der Waals surface area contributed by atoms with E-state index in [1.54, 1.807) is 0 Å². The van der Waals surface area contributed by atoms with E-state index in [9.17, 15) is 10.0 Å². The summed E-state index contributed by atoms with van der Waals surface area (Å²) in [4.78, 5) is 0. The van der Waals surface area contributed by atoms with E-state index in [0.717, 1.165) is 21.7 Å². The van der Waals surface area contributed by atoms with Gasteiger partial charge < -0.3 is 14.5 Å². The summed E-state index contributed by atoms with van der Waals surface area (Å²) >= 11 is 0. The van der Waals surface area contributed by atoms with Gasteiger partial charge in [0.15, 0.2) is 0 Å². The van der Waals surface area contributed by atoms with Gasteiger partial charge in [-0.05, 0) is 5.39 Å². The van der Waals surface area contributed by atoms with Gasteiger partial charge in [0.25, 0.3) is 0 Å². The smallest absolute Gasteiger partial charge is 0.456 e. The predicted molar refractivity (Wildman–Crippen MR) is 89.0 cm³/mol. The summed E-state index contributed by atoms with van der Waals surface area (Å²) in [5, 5.41) is 22.4. The van der Waals surface area contributed by atoms with E-state index in [0.29, 0.717) is 16.8 Å². The maximum Gasteiger partial charge on any atom is 0.493 e. The Balaban J connectivity index is 2.13. The topological polar surface area (TPSA) is 53.6 Å². The van der Waals surface area contributed by atoms with Gasteiger partial charge in [-0.15, -0.1) is 0 Å². The van der Waals surface area contributed by atoms with Crippen LogP contribution in [0.2, 0.25) is 0 Å². The van der Waals surface area contributed by atoms with Crippen molar-refractivity contribution in [3.63, 3.8) is 0 Å². The Hall–Kier alpha value is -2.56. The molecule has 4 heteroatoms. The van der Waals surface area contributed by atoms with Gasteiger partial charge in [0.2, 0.25) is 0 Å². The fourth-order valence-electron chi connectivity index (χ4n) is 2.90. The van der Waals surface area contributed by atoms with Crippen molar-refractivity contribution in [1.29, 1.82) is 0 Å². The summed E-state index contributed by atoms with van der Waals surface area (Å²) in [6.07, 6.45) is 0. The molecule has 0 unspecified atom stereocenters. The molecule has 106 valence electrons. The van der Waals surface area contributed by atoms with Crippen molar-refractivity contribution < 1.29 is 14.5 Å². The average molecular weight is 288 g/mol. The summed E-state index contributed by atoms with van der Waals surface area (Å²) in [7, 11) is -1.59. The minimum atomic E-state index is -1.59. The molecule has 0 aliphatic carbocycles. The lowest BCUT2D eigenvalue weighted by Crippen LogP contribution is -2.30. The highest BCUT2D eigenvalue weighted by Crippen LogP contribution is 2.31. The van der Waals surface area contributed by atoms with Gasteiger partial charge in [0, 0.05) is 21.8 Å². The minimum Gasteiger partial charge on any atom is -0.456 e. The van der Waals surface area contributed by atoms with Crippen LogP contribution in [0.3, 0.4) is 0 Å². The number of furan rings is 1. The van der Waals surface area contributed by atoms with Crippen molar-refractivity contribution >= 4 is 34.3 Å². The van der Waals surface area contributed by atoms with Crippen LogP contribution in [-0.4, -0.2) is 17.2 Å². The molecule has 2 N–H and O–H groups in total. The minimum absolute atomic E-state index is 0.409. The van der Waals surface area contributed by atoms with Crippen molar-refractivity contribution in [3.8, 4) is 11.3 Å². The molecule has 0 amide bonds. The molecule has 3 nitrogen and oxygen atoms in total. The Morgan fingerprint density at radius 1 is 0.727 bits per heavy atom. The molecule has 0 saturated carbocycles. The second kappa shape index (κ2) is 5.02. The monoisotopic (exact) mass is 288 g/mol. The predicted octanol–water partition coefficient (Wildman–Crippen LogP) is 2.93. The molecule has 0 saturated heterocycles. The molecule has 3 aromatic carbocycles. The molecular formula is C18H13BO3. The first-order valence-electron chi connectivity index (χ1n) is 7.11. The Labute approximate surface area is 127 Å². The van der Waals surface area contributed by atoms with Crippen LogP contribution < -0.4 is 5.46 Å². The Bertz CT molecular complexity index is 958. The van der Waals surface area contributed by atoms with E-state index in [2.05, 4.69) is 0 Å². The van der Waals surface area contributed by atoms with Crippen molar-refractivity contribution in [3.05, 3.63) is 66.7 Å². The number of hydrogen-bond acceptors (Lipinski definition) is 3. The summed E-state index contributed by atoms with van der Waals surface area (Å²) in [6, 6.07) is 21.2. The van der Waals surface area contributed by atoms with Crippen LogP contribution >= 0.6 is 0 Å². The lowest BCUT2D eigenvalue weighted by atomic mass is 9.76. The Kier molecular flexibility index (Phi) is 3.00. The number of hydrogen-bond donors (Lipinski definition) is 2. The first-order valence-corrected chi connectivity index (χ1v) is 7.11. The first-order chi connectivity index (χ1) is 10.8. The SMILES string of the molecule is OB(O)c1c(-c2ccccc2)oc2c1ccc1ccccc12. The molecule has 0 fully saturated rings. The molecule has 1 aromatic heterocycles. The summed E-state index contributed by atoms with van der Waals surface area (Å²) in [5.74, 6) is 0.502. The normalized spacial score (nSPS) is 11.2. The van der Waals surface area contributed by atoms with Crippen molar-refractivity contribution in [2.45, 2.75) is 0 Å². The van der Waals surface area contributed by atoms with Crippen LogP contribution in [0.1, 0.15) is 0 Å². The quantitative estimate of drug-likeness (QED) is 0.558. The molecule has 0 bridgehead atoms. The molecule has 1 heterocycles. The molecule has 0 atom stereocenters. The van der Waals surface area contributed by atoms with Gasteiger partial charge in [0.05, 0.1) is 0 Å². The molecule has 0 aliphatic rings. The average Bonchev–Trinajstić information content (AvgIpc) is 2.96. The standard InChI is InChI=1S/C18H13BO3/c20-19(21)16-15-11-10-12-6-4-5-9-14(12)18(15)22-17(16)13-7-2-1-3-8-13/h1-11,20-21H. The van der Waals surface area contributed by atoms with Crippen LogP contribution in [0.4, 0.5) is 0 Å². The number of rotatable bonds is 2. The fraction of sp³-hybridized carbons (Fsp3) is 0. The zero-order chi connectivity index (χ0) is 15.1. The van der Waals surface area contributed by atoms with E-state index in [4.69, 9.17) is 4.42 Å². The highest BCUT2D eigenvalue weighted by Gasteiger charge is 2.25. The second-order valence-corrected chi connectivity index (χ2v) is 5.25. The third-order valence-electron chi connectivity index (χ3n) is 3.91. The molecule has 4 aromatic rings. The van der Waals surface area contributed by atoms with E-state index in [1.165, 1.54) is 0 Å². The molecule has 4 rings (SSSR count). The maximum atomic E-state index is 9.82. The highest BCUT2D eigenvalue weighted by atomic mass is 16.4. The van der Waals surface area contributed by atoms with Crippen LogP contribution in [-0.2, 0) is 0 Å². The largest absolute Gasteiger partial charge is 0.493 e.